The van der Waals surface area contributed by atoms with E-state index in [9.17, 15) is 4.79 Å². The van der Waals surface area contributed by atoms with Gasteiger partial charge in [-0.2, -0.15) is 4.99 Å². The topological polar surface area (TPSA) is 43.6 Å². The minimum absolute atomic E-state index is 0.0533. The summed E-state index contributed by atoms with van der Waals surface area (Å²) in [4.78, 5) is 18.5. The molecule has 0 radical (unpaired) electrons. The van der Waals surface area contributed by atoms with Crippen molar-refractivity contribution in [2.45, 2.75) is 47.6 Å². The number of thiazole rings is 1. The molecule has 0 aliphatic heterocycles. The van der Waals surface area contributed by atoms with E-state index in [2.05, 4.69) is 23.4 Å². The molecule has 5 heteroatoms. The third-order valence-corrected chi connectivity index (χ3v) is 4.66. The van der Waals surface area contributed by atoms with Crippen LogP contribution >= 0.6 is 11.3 Å². The molecule has 0 aliphatic carbocycles. The van der Waals surface area contributed by atoms with Crippen LogP contribution < -0.4 is 4.80 Å². The monoisotopic (exact) mass is 284 g/mol. The molecular formula is C14H24N2O2S. The Bertz CT molecular complexity index is 512. The third kappa shape index (κ3) is 3.76. The number of methoxy groups -OCH3 is 1. The van der Waals surface area contributed by atoms with Gasteiger partial charge in [-0.1, -0.05) is 20.8 Å². The molecule has 0 saturated heterocycles. The first kappa shape index (κ1) is 16.1. The summed E-state index contributed by atoms with van der Waals surface area (Å²) in [5.74, 6) is -0.0533. The van der Waals surface area contributed by atoms with Crippen molar-refractivity contribution in [3.63, 3.8) is 0 Å². The highest BCUT2D eigenvalue weighted by Crippen LogP contribution is 2.21. The van der Waals surface area contributed by atoms with E-state index in [0.717, 1.165) is 23.5 Å². The number of nitrogens with zero attached hydrogens (tertiary/aromatic N) is 2. The van der Waals surface area contributed by atoms with Gasteiger partial charge in [0.25, 0.3) is 5.91 Å². The van der Waals surface area contributed by atoms with E-state index in [0.29, 0.717) is 6.61 Å². The van der Waals surface area contributed by atoms with Gasteiger partial charge in [-0.25, -0.2) is 0 Å². The predicted octanol–water partition coefficient (Wildman–Crippen LogP) is 2.68. The zero-order valence-electron chi connectivity index (χ0n) is 12.7. The molecule has 1 aromatic heterocycles. The fourth-order valence-electron chi connectivity index (χ4n) is 1.52. The van der Waals surface area contributed by atoms with Gasteiger partial charge in [0, 0.05) is 29.6 Å². The number of aromatic nitrogens is 1. The molecule has 1 heterocycles. The van der Waals surface area contributed by atoms with E-state index in [1.54, 1.807) is 18.4 Å². The average molecular weight is 284 g/mol. The maximum atomic E-state index is 12.2. The van der Waals surface area contributed by atoms with Crippen LogP contribution in [0, 0.1) is 19.3 Å². The molecule has 1 aromatic rings. The SMILES string of the molecule is CCC(C)(C)C(=O)N=c1sc(C)c(C)n1CCOC. The van der Waals surface area contributed by atoms with E-state index in [4.69, 9.17) is 4.74 Å². The van der Waals surface area contributed by atoms with Gasteiger partial charge in [0.15, 0.2) is 4.80 Å². The highest BCUT2D eigenvalue weighted by molar-refractivity contribution is 7.09. The normalized spacial score (nSPS) is 13.1. The van der Waals surface area contributed by atoms with Crippen LogP contribution in [0.1, 0.15) is 37.8 Å². The number of hydrogen-bond acceptors (Lipinski definition) is 3. The standard InChI is InChI=1S/C14H24N2O2S/c1-7-14(4,5)12(17)15-13-16(8-9-18-6)10(2)11(3)19-13/h7-9H2,1-6H3. The summed E-state index contributed by atoms with van der Waals surface area (Å²) in [7, 11) is 1.68. The number of carbonyl (C=O) groups is 1. The summed E-state index contributed by atoms with van der Waals surface area (Å²) in [5, 5.41) is 0. The zero-order valence-corrected chi connectivity index (χ0v) is 13.6. The van der Waals surface area contributed by atoms with Crippen LogP contribution in [0.3, 0.4) is 0 Å². The second kappa shape index (κ2) is 6.48. The van der Waals surface area contributed by atoms with Gasteiger partial charge in [0.2, 0.25) is 0 Å². The Morgan fingerprint density at radius 3 is 2.58 bits per heavy atom. The van der Waals surface area contributed by atoms with Crippen LogP contribution in [0.15, 0.2) is 4.99 Å². The molecular weight excluding hydrogens is 260 g/mol. The molecule has 19 heavy (non-hydrogen) atoms. The van der Waals surface area contributed by atoms with Gasteiger partial charge < -0.3 is 9.30 Å². The summed E-state index contributed by atoms with van der Waals surface area (Å²) in [6.07, 6.45) is 0.788. The Morgan fingerprint density at radius 2 is 2.05 bits per heavy atom. The molecule has 0 aliphatic rings. The lowest BCUT2D eigenvalue weighted by atomic mass is 9.90. The molecule has 108 valence electrons. The second-order valence-electron chi connectivity index (χ2n) is 5.33. The molecule has 0 saturated carbocycles. The number of ether oxygens (including phenoxy) is 1. The Labute approximate surface area is 119 Å². The predicted molar refractivity (Wildman–Crippen MR) is 78.3 cm³/mol. The molecule has 1 rings (SSSR count). The Balaban J connectivity index is 3.19. The molecule has 0 bridgehead atoms. The van der Waals surface area contributed by atoms with Crippen LogP contribution in [0.4, 0.5) is 0 Å². The van der Waals surface area contributed by atoms with Crippen LogP contribution in [-0.2, 0) is 16.1 Å². The maximum absolute atomic E-state index is 12.2. The van der Waals surface area contributed by atoms with Crippen molar-refractivity contribution in [1.82, 2.24) is 4.57 Å². The van der Waals surface area contributed by atoms with Crippen LogP contribution in [-0.4, -0.2) is 24.2 Å². The Hall–Kier alpha value is -0.940. The minimum atomic E-state index is -0.398. The number of carbonyl (C=O) groups excluding carboxylic acids is 1. The van der Waals surface area contributed by atoms with Crippen molar-refractivity contribution in [2.24, 2.45) is 10.4 Å². The van der Waals surface area contributed by atoms with Crippen molar-refractivity contribution in [3.8, 4) is 0 Å². The van der Waals surface area contributed by atoms with E-state index in [1.807, 2.05) is 20.8 Å². The summed E-state index contributed by atoms with van der Waals surface area (Å²) in [6, 6.07) is 0. The molecule has 0 fully saturated rings. The molecule has 4 nitrogen and oxygen atoms in total. The van der Waals surface area contributed by atoms with Gasteiger partial charge in [-0.15, -0.1) is 11.3 Å². The average Bonchev–Trinajstić information content (AvgIpc) is 2.62. The van der Waals surface area contributed by atoms with Crippen LogP contribution in [0.5, 0.6) is 0 Å². The lowest BCUT2D eigenvalue weighted by molar-refractivity contribution is -0.126. The van der Waals surface area contributed by atoms with Crippen LogP contribution in [0.2, 0.25) is 0 Å². The summed E-state index contributed by atoms with van der Waals surface area (Å²) >= 11 is 1.57. The first-order valence-corrected chi connectivity index (χ1v) is 7.40. The third-order valence-electron chi connectivity index (χ3n) is 3.57. The largest absolute Gasteiger partial charge is 0.383 e. The number of aryl methyl sites for hydroxylation is 1. The van der Waals surface area contributed by atoms with E-state index in [1.165, 1.54) is 4.88 Å². The number of rotatable bonds is 5. The first-order valence-electron chi connectivity index (χ1n) is 6.58. The fraction of sp³-hybridized carbons (Fsp3) is 0.714. The van der Waals surface area contributed by atoms with E-state index in [-0.39, 0.29) is 5.91 Å². The summed E-state index contributed by atoms with van der Waals surface area (Å²) < 4.78 is 7.18. The quantitative estimate of drug-likeness (QED) is 0.834. The van der Waals surface area contributed by atoms with E-state index < -0.39 is 5.41 Å². The molecule has 0 unspecified atom stereocenters. The summed E-state index contributed by atoms with van der Waals surface area (Å²) in [5.41, 5.74) is 0.758. The smallest absolute Gasteiger partial charge is 0.253 e. The Kier molecular flexibility index (Phi) is 5.50. The highest BCUT2D eigenvalue weighted by Gasteiger charge is 2.25. The summed E-state index contributed by atoms with van der Waals surface area (Å²) in [6.45, 7) is 11.3. The van der Waals surface area contributed by atoms with Crippen molar-refractivity contribution >= 4 is 17.2 Å². The van der Waals surface area contributed by atoms with Crippen molar-refractivity contribution in [1.29, 1.82) is 0 Å². The Morgan fingerprint density at radius 1 is 1.42 bits per heavy atom. The number of amides is 1. The van der Waals surface area contributed by atoms with Crippen molar-refractivity contribution in [2.75, 3.05) is 13.7 Å². The van der Waals surface area contributed by atoms with Gasteiger partial charge in [-0.3, -0.25) is 4.79 Å². The lowest BCUT2D eigenvalue weighted by Gasteiger charge is -2.16. The highest BCUT2D eigenvalue weighted by atomic mass is 32.1. The molecule has 1 amide bonds. The van der Waals surface area contributed by atoms with E-state index >= 15 is 0 Å². The maximum Gasteiger partial charge on any atom is 0.253 e. The van der Waals surface area contributed by atoms with Crippen LogP contribution in [0.25, 0.3) is 0 Å². The lowest BCUT2D eigenvalue weighted by Crippen LogP contribution is -2.26. The van der Waals surface area contributed by atoms with Gasteiger partial charge in [-0.05, 0) is 20.3 Å². The molecule has 0 aromatic carbocycles. The first-order chi connectivity index (χ1) is 8.83. The van der Waals surface area contributed by atoms with Gasteiger partial charge >= 0.3 is 0 Å². The van der Waals surface area contributed by atoms with Gasteiger partial charge in [0.05, 0.1) is 6.61 Å². The molecule has 0 spiro atoms. The minimum Gasteiger partial charge on any atom is -0.383 e. The van der Waals surface area contributed by atoms with Gasteiger partial charge in [0.1, 0.15) is 0 Å². The number of hydrogen-bond donors (Lipinski definition) is 0. The molecule has 0 N–H and O–H groups in total. The fourth-order valence-corrected chi connectivity index (χ4v) is 2.52. The molecule has 0 atom stereocenters. The second-order valence-corrected chi connectivity index (χ2v) is 6.51. The van der Waals surface area contributed by atoms with Crippen molar-refractivity contribution < 1.29 is 9.53 Å². The van der Waals surface area contributed by atoms with Crippen molar-refractivity contribution in [3.05, 3.63) is 15.4 Å². The zero-order chi connectivity index (χ0) is 14.6.